The first kappa shape index (κ1) is 12.1. The molecular formula is C16H14N2S. The van der Waals surface area contributed by atoms with E-state index in [2.05, 4.69) is 47.4 Å². The summed E-state index contributed by atoms with van der Waals surface area (Å²) in [6, 6.07) is 18.7. The highest BCUT2D eigenvalue weighted by molar-refractivity contribution is 7.98. The molecule has 2 aromatic carbocycles. The van der Waals surface area contributed by atoms with E-state index >= 15 is 0 Å². The van der Waals surface area contributed by atoms with Crippen molar-refractivity contribution in [2.24, 2.45) is 0 Å². The maximum atomic E-state index is 5.75. The number of hydrogen-bond acceptors (Lipinski definition) is 3. The van der Waals surface area contributed by atoms with E-state index in [4.69, 9.17) is 5.73 Å². The molecule has 0 radical (unpaired) electrons. The smallest absolute Gasteiger partial charge is 0.0526 e. The van der Waals surface area contributed by atoms with Crippen molar-refractivity contribution in [1.82, 2.24) is 4.98 Å². The van der Waals surface area contributed by atoms with E-state index in [1.54, 1.807) is 18.0 Å². The molecule has 1 heterocycles. The van der Waals surface area contributed by atoms with Gasteiger partial charge >= 0.3 is 0 Å². The fourth-order valence-corrected chi connectivity index (χ4v) is 2.84. The number of rotatable bonds is 3. The molecule has 0 atom stereocenters. The highest BCUT2D eigenvalue weighted by Gasteiger charge is 2.00. The Labute approximate surface area is 116 Å². The van der Waals surface area contributed by atoms with Gasteiger partial charge in [0.2, 0.25) is 0 Å². The Morgan fingerprint density at radius 3 is 2.63 bits per heavy atom. The van der Waals surface area contributed by atoms with E-state index in [1.807, 2.05) is 12.1 Å². The fraction of sp³-hybridized carbons (Fsp3) is 0.0625. The van der Waals surface area contributed by atoms with Crippen molar-refractivity contribution in [3.63, 3.8) is 0 Å². The number of fused-ring (bicyclic) bond motifs is 1. The van der Waals surface area contributed by atoms with E-state index < -0.39 is 0 Å². The van der Waals surface area contributed by atoms with Gasteiger partial charge in [0.25, 0.3) is 0 Å². The van der Waals surface area contributed by atoms with Gasteiger partial charge in [-0.2, -0.15) is 0 Å². The van der Waals surface area contributed by atoms with Crippen LogP contribution in [0.15, 0.2) is 65.7 Å². The number of nitrogens with two attached hydrogens (primary N) is 1. The molecule has 0 amide bonds. The maximum absolute atomic E-state index is 5.75. The Kier molecular flexibility index (Phi) is 3.38. The van der Waals surface area contributed by atoms with Crippen LogP contribution in [0.3, 0.4) is 0 Å². The Balaban J connectivity index is 1.78. The minimum Gasteiger partial charge on any atom is -0.399 e. The van der Waals surface area contributed by atoms with Crippen LogP contribution < -0.4 is 5.73 Å². The van der Waals surface area contributed by atoms with Crippen LogP contribution in [0, 0.1) is 0 Å². The van der Waals surface area contributed by atoms with E-state index in [1.165, 1.54) is 15.7 Å². The number of anilines is 1. The summed E-state index contributed by atoms with van der Waals surface area (Å²) in [7, 11) is 0. The first-order valence-corrected chi connectivity index (χ1v) is 7.12. The molecule has 0 fully saturated rings. The number of benzene rings is 2. The van der Waals surface area contributed by atoms with Crippen LogP contribution in [0.5, 0.6) is 0 Å². The van der Waals surface area contributed by atoms with Crippen molar-refractivity contribution in [2.45, 2.75) is 10.6 Å². The molecular weight excluding hydrogens is 252 g/mol. The SMILES string of the molecule is Nc1ccnc(CSc2ccc3ccccc3c2)c1. The summed E-state index contributed by atoms with van der Waals surface area (Å²) in [5.74, 6) is 0.837. The van der Waals surface area contributed by atoms with Crippen molar-refractivity contribution in [2.75, 3.05) is 5.73 Å². The lowest BCUT2D eigenvalue weighted by Gasteiger charge is -2.04. The molecule has 94 valence electrons. The third-order valence-electron chi connectivity index (χ3n) is 2.95. The van der Waals surface area contributed by atoms with Gasteiger partial charge < -0.3 is 5.73 Å². The maximum Gasteiger partial charge on any atom is 0.0526 e. The summed E-state index contributed by atoms with van der Waals surface area (Å²) in [5, 5.41) is 2.54. The van der Waals surface area contributed by atoms with Gasteiger partial charge in [0, 0.05) is 22.5 Å². The second kappa shape index (κ2) is 5.33. The molecule has 2 N–H and O–H groups in total. The van der Waals surface area contributed by atoms with Crippen LogP contribution in [-0.4, -0.2) is 4.98 Å². The molecule has 19 heavy (non-hydrogen) atoms. The summed E-state index contributed by atoms with van der Waals surface area (Å²) in [5.41, 5.74) is 7.53. The first-order valence-electron chi connectivity index (χ1n) is 6.13. The molecule has 3 aromatic rings. The first-order chi connectivity index (χ1) is 9.31. The molecule has 0 spiro atoms. The number of hydrogen-bond donors (Lipinski definition) is 1. The molecule has 3 heteroatoms. The monoisotopic (exact) mass is 266 g/mol. The van der Waals surface area contributed by atoms with Gasteiger partial charge in [0.15, 0.2) is 0 Å². The standard InChI is InChI=1S/C16H14N2S/c17-14-7-8-18-15(10-14)11-19-16-6-5-12-3-1-2-4-13(12)9-16/h1-10H,11H2,(H2,17,18). The number of pyridine rings is 1. The summed E-state index contributed by atoms with van der Waals surface area (Å²) < 4.78 is 0. The van der Waals surface area contributed by atoms with Crippen LogP contribution in [0.2, 0.25) is 0 Å². The second-order valence-corrected chi connectivity index (χ2v) is 5.43. The summed E-state index contributed by atoms with van der Waals surface area (Å²) in [6.07, 6.45) is 1.76. The predicted molar refractivity (Wildman–Crippen MR) is 82.2 cm³/mol. The van der Waals surface area contributed by atoms with E-state index in [-0.39, 0.29) is 0 Å². The zero-order valence-electron chi connectivity index (χ0n) is 10.4. The Morgan fingerprint density at radius 2 is 1.79 bits per heavy atom. The van der Waals surface area contributed by atoms with E-state index in [0.717, 1.165) is 17.1 Å². The van der Waals surface area contributed by atoms with E-state index in [0.29, 0.717) is 0 Å². The zero-order chi connectivity index (χ0) is 13.1. The van der Waals surface area contributed by atoms with Crippen LogP contribution in [0.25, 0.3) is 10.8 Å². The van der Waals surface area contributed by atoms with Gasteiger partial charge in [-0.05, 0) is 35.0 Å². The molecule has 2 nitrogen and oxygen atoms in total. The quantitative estimate of drug-likeness (QED) is 0.725. The van der Waals surface area contributed by atoms with Crippen LogP contribution in [0.4, 0.5) is 5.69 Å². The minimum absolute atomic E-state index is 0.768. The third kappa shape index (κ3) is 2.88. The molecule has 0 aliphatic carbocycles. The number of aromatic nitrogens is 1. The Morgan fingerprint density at radius 1 is 0.947 bits per heavy atom. The lowest BCUT2D eigenvalue weighted by molar-refractivity contribution is 1.18. The topological polar surface area (TPSA) is 38.9 Å². The normalized spacial score (nSPS) is 10.7. The zero-order valence-corrected chi connectivity index (χ0v) is 11.2. The van der Waals surface area contributed by atoms with Crippen molar-refractivity contribution in [3.05, 3.63) is 66.5 Å². The Bertz CT molecular complexity index is 710. The van der Waals surface area contributed by atoms with Crippen molar-refractivity contribution >= 4 is 28.2 Å². The van der Waals surface area contributed by atoms with Gasteiger partial charge in [-0.15, -0.1) is 11.8 Å². The number of nitrogen functional groups attached to an aromatic ring is 1. The minimum atomic E-state index is 0.768. The fourth-order valence-electron chi connectivity index (χ4n) is 1.99. The van der Waals surface area contributed by atoms with Gasteiger partial charge in [0.1, 0.15) is 0 Å². The van der Waals surface area contributed by atoms with Crippen LogP contribution in [0.1, 0.15) is 5.69 Å². The van der Waals surface area contributed by atoms with Gasteiger partial charge in [-0.25, -0.2) is 0 Å². The lowest BCUT2D eigenvalue weighted by atomic mass is 10.1. The van der Waals surface area contributed by atoms with Crippen molar-refractivity contribution in [1.29, 1.82) is 0 Å². The number of nitrogens with zero attached hydrogens (tertiary/aromatic N) is 1. The molecule has 1 aromatic heterocycles. The molecule has 0 saturated heterocycles. The number of thioether (sulfide) groups is 1. The second-order valence-electron chi connectivity index (χ2n) is 4.38. The van der Waals surface area contributed by atoms with Gasteiger partial charge in [-0.1, -0.05) is 30.3 Å². The van der Waals surface area contributed by atoms with Crippen molar-refractivity contribution in [3.8, 4) is 0 Å². The molecule has 0 aliphatic rings. The van der Waals surface area contributed by atoms with Crippen LogP contribution >= 0.6 is 11.8 Å². The molecule has 0 aliphatic heterocycles. The molecule has 3 rings (SSSR count). The summed E-state index contributed by atoms with van der Waals surface area (Å²) in [4.78, 5) is 5.57. The van der Waals surface area contributed by atoms with Gasteiger partial charge in [-0.3, -0.25) is 4.98 Å². The van der Waals surface area contributed by atoms with E-state index in [9.17, 15) is 0 Å². The average Bonchev–Trinajstić information content (AvgIpc) is 2.45. The average molecular weight is 266 g/mol. The highest BCUT2D eigenvalue weighted by Crippen LogP contribution is 2.26. The van der Waals surface area contributed by atoms with Gasteiger partial charge in [0.05, 0.1) is 5.69 Å². The predicted octanol–water partition coefficient (Wildman–Crippen LogP) is 4.11. The molecule has 0 bridgehead atoms. The summed E-state index contributed by atoms with van der Waals surface area (Å²) >= 11 is 1.78. The Hall–Kier alpha value is -2.00. The largest absolute Gasteiger partial charge is 0.399 e. The highest BCUT2D eigenvalue weighted by atomic mass is 32.2. The molecule has 0 unspecified atom stereocenters. The van der Waals surface area contributed by atoms with Crippen molar-refractivity contribution < 1.29 is 0 Å². The third-order valence-corrected chi connectivity index (χ3v) is 3.98. The van der Waals surface area contributed by atoms with Crippen LogP contribution in [-0.2, 0) is 5.75 Å². The molecule has 0 saturated carbocycles. The lowest BCUT2D eigenvalue weighted by Crippen LogP contribution is -1.90. The summed E-state index contributed by atoms with van der Waals surface area (Å²) in [6.45, 7) is 0.